The normalized spacial score (nSPS) is 11.4. The number of carbonyl (C=O) groups is 3. The molecular weight excluding hydrogens is 428 g/mol. The molecule has 0 fully saturated rings. The van der Waals surface area contributed by atoms with Gasteiger partial charge in [0.05, 0.1) is 18.3 Å². The summed E-state index contributed by atoms with van der Waals surface area (Å²) in [4.78, 5) is 36.1. The zero-order chi connectivity index (χ0) is 23.3. The van der Waals surface area contributed by atoms with E-state index in [1.54, 1.807) is 18.2 Å². The fraction of sp³-hybridized carbons (Fsp3) is 0.375. The molecule has 0 heterocycles. The number of unbranched alkanes of at least 4 members (excludes halogenated alkanes) is 1. The molecule has 0 saturated heterocycles. The number of carboxylic acids is 1. The number of carbonyl (C=O) groups excluding carboxylic acids is 2. The molecule has 1 unspecified atom stereocenters. The van der Waals surface area contributed by atoms with Crippen LogP contribution in [0.1, 0.15) is 46.0 Å². The minimum absolute atomic E-state index is 0.0882. The molecule has 0 saturated carbocycles. The first-order valence-corrected chi connectivity index (χ1v) is 11.6. The van der Waals surface area contributed by atoms with Crippen molar-refractivity contribution in [1.29, 1.82) is 0 Å². The summed E-state index contributed by atoms with van der Waals surface area (Å²) in [6, 6.07) is 14.5. The Hall–Kier alpha value is -3.00. The molecule has 2 rings (SSSR count). The minimum Gasteiger partial charge on any atom is -0.494 e. The molecule has 0 radical (unpaired) electrons. The van der Waals surface area contributed by atoms with E-state index < -0.39 is 5.97 Å². The highest BCUT2D eigenvalue weighted by molar-refractivity contribution is 8.00. The van der Waals surface area contributed by atoms with Crippen molar-refractivity contribution in [3.8, 4) is 5.75 Å². The van der Waals surface area contributed by atoms with E-state index in [1.165, 1.54) is 11.8 Å². The van der Waals surface area contributed by atoms with Crippen LogP contribution in [0.15, 0.2) is 53.4 Å². The molecule has 0 bridgehead atoms. The third kappa shape index (κ3) is 9.01. The quantitative estimate of drug-likeness (QED) is 0.282. The number of aliphatic carboxylic acids is 1. The minimum atomic E-state index is -1.01. The Morgan fingerprint density at radius 3 is 2.41 bits per heavy atom. The molecule has 172 valence electrons. The van der Waals surface area contributed by atoms with Gasteiger partial charge in [0.1, 0.15) is 5.75 Å². The summed E-state index contributed by atoms with van der Waals surface area (Å²) >= 11 is 1.41. The average molecular weight is 459 g/mol. The van der Waals surface area contributed by atoms with Crippen molar-refractivity contribution in [3.05, 3.63) is 48.5 Å². The molecule has 0 aliphatic heterocycles. The van der Waals surface area contributed by atoms with Crippen molar-refractivity contribution >= 4 is 40.9 Å². The van der Waals surface area contributed by atoms with E-state index in [9.17, 15) is 14.4 Å². The van der Waals surface area contributed by atoms with Gasteiger partial charge in [-0.25, -0.2) is 0 Å². The lowest BCUT2D eigenvalue weighted by Gasteiger charge is -2.16. The summed E-state index contributed by atoms with van der Waals surface area (Å²) in [5.74, 6) is -0.700. The molecule has 2 aromatic rings. The summed E-state index contributed by atoms with van der Waals surface area (Å²) in [6.07, 6.45) is 2.40. The van der Waals surface area contributed by atoms with Gasteiger partial charge in [-0.3, -0.25) is 14.4 Å². The first-order valence-electron chi connectivity index (χ1n) is 10.7. The molecule has 2 aromatic carbocycles. The second-order valence-electron chi connectivity index (χ2n) is 7.20. The van der Waals surface area contributed by atoms with Crippen molar-refractivity contribution in [3.63, 3.8) is 0 Å². The summed E-state index contributed by atoms with van der Waals surface area (Å²) in [6.45, 7) is 4.73. The number of hydrogen-bond acceptors (Lipinski definition) is 5. The molecule has 3 N–H and O–H groups in total. The maximum absolute atomic E-state index is 12.8. The van der Waals surface area contributed by atoms with E-state index in [4.69, 9.17) is 9.84 Å². The Morgan fingerprint density at radius 1 is 1.00 bits per heavy atom. The number of hydrogen-bond donors (Lipinski definition) is 3. The number of rotatable bonds is 13. The predicted octanol–water partition coefficient (Wildman–Crippen LogP) is 5.18. The lowest BCUT2D eigenvalue weighted by molar-refractivity contribution is -0.138. The SMILES string of the molecule is CCCCOc1ccc(NC(=O)C(CC)Sc2cccc(NC(=O)CCC(=O)O)c2)cc1. The zero-order valence-corrected chi connectivity index (χ0v) is 19.2. The number of nitrogens with one attached hydrogen (secondary N) is 2. The van der Waals surface area contributed by atoms with Crippen LogP contribution in [0.2, 0.25) is 0 Å². The molecule has 0 aliphatic rings. The third-order valence-corrected chi connectivity index (χ3v) is 5.87. The largest absolute Gasteiger partial charge is 0.494 e. The summed E-state index contributed by atoms with van der Waals surface area (Å²) < 4.78 is 5.64. The zero-order valence-electron chi connectivity index (χ0n) is 18.4. The van der Waals surface area contributed by atoms with Crippen LogP contribution in [0.3, 0.4) is 0 Å². The van der Waals surface area contributed by atoms with Crippen LogP contribution in [0.25, 0.3) is 0 Å². The van der Waals surface area contributed by atoms with E-state index in [0.717, 1.165) is 23.5 Å². The Balaban J connectivity index is 1.92. The maximum atomic E-state index is 12.8. The van der Waals surface area contributed by atoms with Crippen LogP contribution in [0.5, 0.6) is 5.75 Å². The lowest BCUT2D eigenvalue weighted by Crippen LogP contribution is -2.24. The Labute approximate surface area is 192 Å². The first-order chi connectivity index (χ1) is 15.4. The van der Waals surface area contributed by atoms with E-state index in [0.29, 0.717) is 24.4 Å². The highest BCUT2D eigenvalue weighted by Crippen LogP contribution is 2.29. The van der Waals surface area contributed by atoms with Gasteiger partial charge in [0.2, 0.25) is 11.8 Å². The Bertz CT molecular complexity index is 902. The number of thioether (sulfide) groups is 1. The van der Waals surface area contributed by atoms with E-state index >= 15 is 0 Å². The van der Waals surface area contributed by atoms with Crippen molar-refractivity contribution < 1.29 is 24.2 Å². The molecule has 1 atom stereocenters. The van der Waals surface area contributed by atoms with Gasteiger partial charge in [-0.15, -0.1) is 11.8 Å². The summed E-state index contributed by atoms with van der Waals surface area (Å²) in [7, 11) is 0. The average Bonchev–Trinajstić information content (AvgIpc) is 2.77. The molecule has 8 heteroatoms. The van der Waals surface area contributed by atoms with E-state index in [2.05, 4.69) is 17.6 Å². The maximum Gasteiger partial charge on any atom is 0.303 e. The van der Waals surface area contributed by atoms with Crippen molar-refractivity contribution in [2.45, 2.75) is 56.1 Å². The van der Waals surface area contributed by atoms with Gasteiger partial charge in [-0.1, -0.05) is 26.3 Å². The number of benzene rings is 2. The van der Waals surface area contributed by atoms with Gasteiger partial charge in [-0.2, -0.15) is 0 Å². The molecule has 0 aliphatic carbocycles. The Morgan fingerprint density at radius 2 is 1.75 bits per heavy atom. The van der Waals surface area contributed by atoms with Crippen molar-refractivity contribution in [2.75, 3.05) is 17.2 Å². The highest BCUT2D eigenvalue weighted by atomic mass is 32.2. The van der Waals surface area contributed by atoms with Crippen LogP contribution >= 0.6 is 11.8 Å². The van der Waals surface area contributed by atoms with Crippen molar-refractivity contribution in [1.82, 2.24) is 0 Å². The monoisotopic (exact) mass is 458 g/mol. The summed E-state index contributed by atoms with van der Waals surface area (Å²) in [5.41, 5.74) is 1.27. The number of ether oxygens (including phenoxy) is 1. The molecule has 0 aromatic heterocycles. The van der Waals surface area contributed by atoms with E-state index in [-0.39, 0.29) is 29.9 Å². The topological polar surface area (TPSA) is 105 Å². The molecule has 32 heavy (non-hydrogen) atoms. The van der Waals surface area contributed by atoms with Gasteiger partial charge in [-0.05, 0) is 55.3 Å². The second-order valence-corrected chi connectivity index (χ2v) is 8.48. The summed E-state index contributed by atoms with van der Waals surface area (Å²) in [5, 5.41) is 14.0. The lowest BCUT2D eigenvalue weighted by atomic mass is 10.2. The third-order valence-electron chi connectivity index (χ3n) is 4.51. The van der Waals surface area contributed by atoms with Gasteiger partial charge >= 0.3 is 5.97 Å². The highest BCUT2D eigenvalue weighted by Gasteiger charge is 2.18. The Kier molecular flexibility index (Phi) is 10.6. The van der Waals surface area contributed by atoms with E-state index in [1.807, 2.05) is 37.3 Å². The fourth-order valence-electron chi connectivity index (χ4n) is 2.77. The van der Waals surface area contributed by atoms with Gasteiger partial charge < -0.3 is 20.5 Å². The van der Waals surface area contributed by atoms with Gasteiger partial charge in [0.15, 0.2) is 0 Å². The van der Waals surface area contributed by atoms with Crippen LogP contribution in [-0.2, 0) is 14.4 Å². The second kappa shape index (κ2) is 13.4. The van der Waals surface area contributed by atoms with Gasteiger partial charge in [0.25, 0.3) is 0 Å². The first kappa shape index (κ1) is 25.3. The van der Waals surface area contributed by atoms with Crippen LogP contribution < -0.4 is 15.4 Å². The standard InChI is InChI=1S/C24H30N2O5S/c1-3-5-15-31-19-11-9-17(10-12-19)26-24(30)21(4-2)32-20-8-6-7-18(16-20)25-22(27)13-14-23(28)29/h6-12,16,21H,3-5,13-15H2,1-2H3,(H,25,27)(H,26,30)(H,28,29). The molecule has 7 nitrogen and oxygen atoms in total. The number of amides is 2. The molecular formula is C24H30N2O5S. The fourth-order valence-corrected chi connectivity index (χ4v) is 3.78. The number of carboxylic acid groups (broad SMARTS) is 1. The molecule has 0 spiro atoms. The van der Waals surface area contributed by atoms with Crippen molar-refractivity contribution in [2.24, 2.45) is 0 Å². The smallest absolute Gasteiger partial charge is 0.303 e. The number of anilines is 2. The predicted molar refractivity (Wildman–Crippen MR) is 127 cm³/mol. The van der Waals surface area contributed by atoms with Crippen LogP contribution in [0.4, 0.5) is 11.4 Å². The van der Waals surface area contributed by atoms with Crippen LogP contribution in [-0.4, -0.2) is 34.7 Å². The molecule has 2 amide bonds. The van der Waals surface area contributed by atoms with Crippen LogP contribution in [0, 0.1) is 0 Å². The van der Waals surface area contributed by atoms with Gasteiger partial charge in [0, 0.05) is 22.7 Å².